The van der Waals surface area contributed by atoms with E-state index < -0.39 is 66.8 Å². The zero-order valence-corrected chi connectivity index (χ0v) is 53.7. The molecule has 0 aromatic heterocycles. The van der Waals surface area contributed by atoms with Crippen molar-refractivity contribution in [1.82, 2.24) is 14.1 Å². The first-order chi connectivity index (χ1) is 41.6. The average molecular weight is 1300 g/mol. The summed E-state index contributed by atoms with van der Waals surface area (Å²) in [4.78, 5) is 19.0. The second kappa shape index (κ2) is 27.1. The topological polar surface area (TPSA) is 269 Å². The van der Waals surface area contributed by atoms with Crippen molar-refractivity contribution >= 4 is 97.0 Å². The van der Waals surface area contributed by atoms with Gasteiger partial charge >= 0.3 is 0 Å². The lowest BCUT2D eigenvalue weighted by Gasteiger charge is -2.27. The van der Waals surface area contributed by atoms with Crippen molar-refractivity contribution in [2.24, 2.45) is 5.92 Å². The van der Waals surface area contributed by atoms with Crippen molar-refractivity contribution in [3.05, 3.63) is 174 Å². The van der Waals surface area contributed by atoms with Crippen molar-refractivity contribution in [3.63, 3.8) is 0 Å². The maximum Gasteiger partial charge on any atom is 0.295 e. The number of carbonyl (C=O) groups excluding carboxylic acids is 1. The van der Waals surface area contributed by atoms with E-state index in [1.807, 2.05) is 103 Å². The molecule has 3 aliphatic rings. The third-order valence-corrected chi connectivity index (χ3v) is 21.8. The van der Waals surface area contributed by atoms with Crippen LogP contribution in [0.5, 0.6) is 0 Å². The zero-order valence-electron chi connectivity index (χ0n) is 49.6. The fourth-order valence-corrected chi connectivity index (χ4v) is 16.4. The summed E-state index contributed by atoms with van der Waals surface area (Å²) in [5.41, 5.74) is 4.73. The molecule has 1 fully saturated rings. The van der Waals surface area contributed by atoms with Crippen LogP contribution >= 0.6 is 12.0 Å². The summed E-state index contributed by atoms with van der Waals surface area (Å²) in [6.07, 6.45) is 10.9. The highest BCUT2D eigenvalue weighted by Gasteiger charge is 2.47. The molecule has 4 N–H and O–H groups in total. The molecule has 6 aromatic rings. The van der Waals surface area contributed by atoms with E-state index in [0.29, 0.717) is 78.6 Å². The Morgan fingerprint density at radius 3 is 2.09 bits per heavy atom. The maximum atomic E-state index is 14.7. The Labute approximate surface area is 519 Å². The second-order valence-electron chi connectivity index (χ2n) is 23.5. The summed E-state index contributed by atoms with van der Waals surface area (Å²) in [7, 11) is -16.8. The number of allylic oxidation sites excluding steroid dienone is 6. The Hall–Kier alpha value is -6.17. The number of anilines is 1. The summed E-state index contributed by atoms with van der Waals surface area (Å²) in [6, 6.07) is 34.3. The highest BCUT2D eigenvalue weighted by molar-refractivity contribution is 7.94. The van der Waals surface area contributed by atoms with Gasteiger partial charge in [0.15, 0.2) is 5.71 Å². The van der Waals surface area contributed by atoms with Crippen LogP contribution < -0.4 is 4.90 Å². The third-order valence-electron chi connectivity index (χ3n) is 16.7. The highest BCUT2D eigenvalue weighted by Crippen LogP contribution is 2.52. The third kappa shape index (κ3) is 14.8. The molecule has 88 heavy (non-hydrogen) atoms. The standard InChI is InChI=1S/C63H73N5O15S5/c1-62(2)57(25-13-8-14-26-58-63(3,4)61-52-40-48(87(76,77)78)41-56(88(79,80)81)50(52)29-31-54(61)67(58)33-17-37-84-83-82-70)68(34-18-38-85(71,72)73)53-30-28-49-51(60(53)62)23-15-24-55(49)86(74,75)64(5)32-16-27-59(69)66-36-35-65(42-46-21-11-7-12-22-46)43-47(44-66)39-45-19-9-6-10-20-45/h6-15,19-26,28-31,40-41,47H,16-18,27,32-39,42-44H2,1-5H3,(H3-,70,71,72,73,76,77,78,79,80,81)/p+1. The monoisotopic (exact) mass is 1300 g/mol. The van der Waals surface area contributed by atoms with E-state index in [-0.39, 0.29) is 53.4 Å². The fourth-order valence-electron chi connectivity index (χ4n) is 12.8. The summed E-state index contributed by atoms with van der Waals surface area (Å²) in [6.45, 7) is 11.8. The number of sulfonamides is 1. The minimum atomic E-state index is -4.98. The Balaban J connectivity index is 0.969. The molecule has 470 valence electrons. The van der Waals surface area contributed by atoms with Crippen LogP contribution in [0.1, 0.15) is 75.6 Å². The first kappa shape index (κ1) is 66.3. The van der Waals surface area contributed by atoms with Crippen molar-refractivity contribution in [2.45, 2.75) is 91.9 Å². The van der Waals surface area contributed by atoms with E-state index in [4.69, 9.17) is 5.26 Å². The van der Waals surface area contributed by atoms with Crippen LogP contribution in [-0.4, -0.2) is 147 Å². The van der Waals surface area contributed by atoms with Gasteiger partial charge in [0.25, 0.3) is 30.4 Å². The molecule has 6 aromatic carbocycles. The Morgan fingerprint density at radius 2 is 1.41 bits per heavy atom. The SMILES string of the molecule is CN(CCCC(=O)N1CCN(Cc2ccccc2)CC(Cc2ccccc2)C1)S(=O)(=O)c1cccc2c3c(ccc12)N(CCCS(=O)(=O)O)C(=CC=CC=CC1=[N+](CCCSOOO)c2ccc4c(S(=O)(=O)O)cc(S(=O)(=O)O)cc4c2C1(C)C)C3(C)C. The molecule has 0 bridgehead atoms. The molecule has 9 rings (SSSR count). The van der Waals surface area contributed by atoms with Gasteiger partial charge in [0.1, 0.15) is 11.4 Å². The molecule has 1 saturated heterocycles. The molecule has 20 nitrogen and oxygen atoms in total. The molecule has 25 heteroatoms. The predicted octanol–water partition coefficient (Wildman–Crippen LogP) is 10.00. The smallest absolute Gasteiger partial charge is 0.295 e. The van der Waals surface area contributed by atoms with E-state index >= 15 is 0 Å². The van der Waals surface area contributed by atoms with E-state index in [0.717, 1.165) is 48.5 Å². The molecule has 1 unspecified atom stereocenters. The van der Waals surface area contributed by atoms with E-state index in [1.54, 1.807) is 42.5 Å². The van der Waals surface area contributed by atoms with Gasteiger partial charge in [-0.1, -0.05) is 116 Å². The second-order valence-corrected chi connectivity index (χ2v) is 30.7. The molecule has 3 heterocycles. The summed E-state index contributed by atoms with van der Waals surface area (Å²) in [5, 5.41) is 13.8. The van der Waals surface area contributed by atoms with Gasteiger partial charge in [0.05, 0.1) is 21.0 Å². The molecule has 0 saturated carbocycles. The van der Waals surface area contributed by atoms with Crippen molar-refractivity contribution in [2.75, 3.05) is 69.3 Å². The van der Waals surface area contributed by atoms with Crippen molar-refractivity contribution < 1.29 is 71.3 Å². The lowest BCUT2D eigenvalue weighted by Crippen LogP contribution is -2.37. The Bertz CT molecular complexity index is 4200. The molecule has 1 amide bonds. The van der Waals surface area contributed by atoms with Crippen LogP contribution in [0.4, 0.5) is 11.4 Å². The van der Waals surface area contributed by atoms with Gasteiger partial charge in [-0.25, -0.2) is 18.0 Å². The van der Waals surface area contributed by atoms with Crippen LogP contribution in [0.3, 0.4) is 0 Å². The molecule has 0 radical (unpaired) electrons. The van der Waals surface area contributed by atoms with Crippen LogP contribution in [0, 0.1) is 5.92 Å². The Kier molecular flexibility index (Phi) is 20.4. The molecular weight excluding hydrogens is 1230 g/mol. The van der Waals surface area contributed by atoms with E-state index in [9.17, 15) is 52.1 Å². The first-order valence-electron chi connectivity index (χ1n) is 28.8. The summed E-state index contributed by atoms with van der Waals surface area (Å²) in [5.74, 6) is 0.0449. The highest BCUT2D eigenvalue weighted by atomic mass is 32.2. The lowest BCUT2D eigenvalue weighted by molar-refractivity contribution is -0.438. The van der Waals surface area contributed by atoms with Crippen LogP contribution in [-0.2, 0) is 78.3 Å². The number of carbonyl (C=O) groups is 1. The fraction of sp³-hybridized carbons (Fsp3) is 0.365. The first-order valence-corrected chi connectivity index (χ1v) is 35.6. The number of hydrogen-bond acceptors (Lipinski definition) is 15. The summed E-state index contributed by atoms with van der Waals surface area (Å²) < 4.78 is 142. The number of fused-ring (bicyclic) bond motifs is 6. The quantitative estimate of drug-likeness (QED) is 0.00789. The number of benzene rings is 6. The largest absolute Gasteiger partial charge is 0.344 e. The molecule has 0 spiro atoms. The predicted molar refractivity (Wildman–Crippen MR) is 341 cm³/mol. The molecule has 0 aliphatic carbocycles. The van der Waals surface area contributed by atoms with Gasteiger partial charge in [-0.15, -0.1) is 4.33 Å². The van der Waals surface area contributed by atoms with Crippen LogP contribution in [0.15, 0.2) is 166 Å². The molecule has 3 aliphatic heterocycles. The van der Waals surface area contributed by atoms with Gasteiger partial charge in [-0.3, -0.25) is 23.4 Å². The lowest BCUT2D eigenvalue weighted by atomic mass is 9.79. The van der Waals surface area contributed by atoms with E-state index in [1.165, 1.54) is 34.6 Å². The number of amides is 1. The summed E-state index contributed by atoms with van der Waals surface area (Å²) >= 11 is 0.860. The van der Waals surface area contributed by atoms with Gasteiger partial charge < -0.3 is 9.80 Å². The van der Waals surface area contributed by atoms with Gasteiger partial charge in [-0.05, 0) is 103 Å². The van der Waals surface area contributed by atoms with Crippen molar-refractivity contribution in [3.8, 4) is 0 Å². The van der Waals surface area contributed by atoms with Gasteiger partial charge in [0.2, 0.25) is 21.6 Å². The van der Waals surface area contributed by atoms with E-state index in [2.05, 4.69) is 38.5 Å². The number of hydrogen-bond donors (Lipinski definition) is 4. The normalized spacial score (nSPS) is 18.0. The minimum Gasteiger partial charge on any atom is -0.344 e. The van der Waals surface area contributed by atoms with Crippen LogP contribution in [0.2, 0.25) is 0 Å². The maximum absolute atomic E-state index is 14.7. The average Bonchev–Trinajstić information content (AvgIpc) is 1.62. The molecule has 1 atom stereocenters. The minimum absolute atomic E-state index is 0.0149. The molecular formula is C63H74N5O15S5+. The zero-order chi connectivity index (χ0) is 63.4. The number of rotatable bonds is 25. The van der Waals surface area contributed by atoms with Gasteiger partial charge in [0, 0.05) is 129 Å². The van der Waals surface area contributed by atoms with Gasteiger partial charge in [-0.2, -0.15) is 29.8 Å². The van der Waals surface area contributed by atoms with Crippen molar-refractivity contribution in [1.29, 1.82) is 0 Å². The Morgan fingerprint density at radius 1 is 0.716 bits per heavy atom. The number of nitrogens with zero attached hydrogens (tertiary/aromatic N) is 5. The van der Waals surface area contributed by atoms with Crippen LogP contribution in [0.25, 0.3) is 21.5 Å².